The second kappa shape index (κ2) is 9.21. The zero-order valence-corrected chi connectivity index (χ0v) is 18.4. The van der Waals surface area contributed by atoms with Crippen molar-refractivity contribution in [3.63, 3.8) is 0 Å². The van der Waals surface area contributed by atoms with Crippen molar-refractivity contribution in [1.29, 1.82) is 0 Å². The lowest BCUT2D eigenvalue weighted by Crippen LogP contribution is -2.49. The van der Waals surface area contributed by atoms with Crippen LogP contribution >= 0.6 is 11.5 Å². The molecule has 0 fully saturated rings. The Morgan fingerprint density at radius 2 is 1.90 bits per heavy atom. The Morgan fingerprint density at radius 3 is 2.47 bits per heavy atom. The highest BCUT2D eigenvalue weighted by molar-refractivity contribution is 7.03. The van der Waals surface area contributed by atoms with Crippen molar-refractivity contribution in [2.45, 2.75) is 45.7 Å². The van der Waals surface area contributed by atoms with E-state index in [-0.39, 0.29) is 17.5 Å². The van der Waals surface area contributed by atoms with Gasteiger partial charge in [-0.3, -0.25) is 9.59 Å². The largest absolute Gasteiger partial charge is 0.464 e. The number of furan rings is 1. The molecule has 2 amide bonds. The van der Waals surface area contributed by atoms with Crippen LogP contribution in [0.15, 0.2) is 52.3 Å². The molecule has 0 aliphatic carbocycles. The molecule has 3 rings (SSSR count). The van der Waals surface area contributed by atoms with Crippen LogP contribution in [0.25, 0.3) is 0 Å². The maximum atomic E-state index is 13.3. The molecule has 0 radical (unpaired) electrons. The Labute approximate surface area is 180 Å². The minimum absolute atomic E-state index is 0.213. The monoisotopic (exact) mass is 426 g/mol. The number of hydrogen-bond donors (Lipinski definition) is 1. The highest BCUT2D eigenvalue weighted by atomic mass is 32.1. The van der Waals surface area contributed by atoms with E-state index >= 15 is 0 Å². The fourth-order valence-corrected chi connectivity index (χ4v) is 3.54. The van der Waals surface area contributed by atoms with Gasteiger partial charge >= 0.3 is 0 Å². The van der Waals surface area contributed by atoms with E-state index in [0.717, 1.165) is 17.1 Å². The summed E-state index contributed by atoms with van der Waals surface area (Å²) in [5, 5.41) is 8.49. The molecule has 0 aliphatic rings. The summed E-state index contributed by atoms with van der Waals surface area (Å²) in [6, 6.07) is 12.4. The third-order valence-corrected chi connectivity index (χ3v) is 4.92. The van der Waals surface area contributed by atoms with E-state index in [2.05, 4.69) is 14.9 Å². The number of aryl methyl sites for hydroxylation is 1. The third kappa shape index (κ3) is 5.54. The van der Waals surface area contributed by atoms with Crippen LogP contribution in [0, 0.1) is 6.92 Å². The van der Waals surface area contributed by atoms with Gasteiger partial charge in [0.05, 0.1) is 0 Å². The normalized spacial score (nSPS) is 12.4. The maximum Gasteiger partial charge on any atom is 0.276 e. The molecule has 0 spiro atoms. The first-order chi connectivity index (χ1) is 14.2. The van der Waals surface area contributed by atoms with E-state index in [0.29, 0.717) is 24.5 Å². The zero-order chi connectivity index (χ0) is 21.7. The lowest BCUT2D eigenvalue weighted by molar-refractivity contribution is -0.128. The van der Waals surface area contributed by atoms with Crippen LogP contribution in [0.2, 0.25) is 0 Å². The van der Waals surface area contributed by atoms with Crippen LogP contribution in [0.1, 0.15) is 54.4 Å². The number of hydrogen-bond acceptors (Lipinski definition) is 6. The van der Waals surface area contributed by atoms with Gasteiger partial charge in [0, 0.05) is 17.5 Å². The van der Waals surface area contributed by atoms with E-state index in [1.807, 2.05) is 58.0 Å². The summed E-state index contributed by atoms with van der Waals surface area (Å²) < 4.78 is 9.60. The van der Waals surface area contributed by atoms with Crippen molar-refractivity contribution < 1.29 is 14.0 Å². The predicted octanol–water partition coefficient (Wildman–Crippen LogP) is 3.78. The van der Waals surface area contributed by atoms with Crippen molar-refractivity contribution >= 4 is 23.3 Å². The van der Waals surface area contributed by atoms with Crippen LogP contribution in [0.5, 0.6) is 0 Å². The lowest BCUT2D eigenvalue weighted by Gasteiger charge is -2.32. The first kappa shape index (κ1) is 21.7. The van der Waals surface area contributed by atoms with E-state index < -0.39 is 11.6 Å². The fraction of sp³-hybridized carbons (Fsp3) is 0.364. The van der Waals surface area contributed by atoms with Crippen molar-refractivity contribution in [2.24, 2.45) is 0 Å². The summed E-state index contributed by atoms with van der Waals surface area (Å²) in [5.41, 5.74) is 0.815. The Hall–Kier alpha value is -3.00. The Kier molecular flexibility index (Phi) is 6.66. The van der Waals surface area contributed by atoms with Crippen LogP contribution in [0.4, 0.5) is 0 Å². The topological polar surface area (TPSA) is 88.3 Å². The molecule has 3 aromatic rings. The molecule has 0 bridgehead atoms. The number of nitrogens with zero attached hydrogens (tertiary/aromatic N) is 3. The van der Waals surface area contributed by atoms with E-state index in [9.17, 15) is 9.59 Å². The lowest BCUT2D eigenvalue weighted by atomic mass is 10.0. The quantitative estimate of drug-likeness (QED) is 0.621. The summed E-state index contributed by atoms with van der Waals surface area (Å²) in [5.74, 6) is 0.424. The smallest absolute Gasteiger partial charge is 0.276 e. The van der Waals surface area contributed by atoms with Crippen molar-refractivity contribution in [2.75, 3.05) is 6.54 Å². The number of rotatable bonds is 7. The average molecular weight is 427 g/mol. The maximum absolute atomic E-state index is 13.3. The van der Waals surface area contributed by atoms with Gasteiger partial charge in [-0.15, -0.1) is 5.10 Å². The van der Waals surface area contributed by atoms with Gasteiger partial charge in [-0.1, -0.05) is 34.8 Å². The van der Waals surface area contributed by atoms with E-state index in [1.54, 1.807) is 17.5 Å². The Bertz CT molecular complexity index is 977. The molecular weight excluding hydrogens is 400 g/mol. The molecule has 0 saturated heterocycles. The molecule has 0 unspecified atom stereocenters. The second-order valence-electron chi connectivity index (χ2n) is 8.11. The number of amides is 2. The predicted molar refractivity (Wildman–Crippen MR) is 115 cm³/mol. The van der Waals surface area contributed by atoms with Crippen molar-refractivity contribution in [3.8, 4) is 0 Å². The van der Waals surface area contributed by atoms with Gasteiger partial charge in [0.1, 0.15) is 11.5 Å². The number of carbonyl (C=O) groups excluding carboxylic acids is 2. The molecule has 30 heavy (non-hydrogen) atoms. The summed E-state index contributed by atoms with van der Waals surface area (Å²) in [7, 11) is 0. The van der Waals surface area contributed by atoms with Crippen molar-refractivity contribution in [1.82, 2.24) is 19.8 Å². The molecule has 1 N–H and O–H groups in total. The first-order valence-corrected chi connectivity index (χ1v) is 10.6. The average Bonchev–Trinajstić information content (AvgIpc) is 3.36. The highest BCUT2D eigenvalue weighted by Gasteiger charge is 2.36. The van der Waals surface area contributed by atoms with Gasteiger partial charge < -0.3 is 14.6 Å². The molecule has 1 aromatic carbocycles. The fourth-order valence-electron chi connectivity index (χ4n) is 3.11. The van der Waals surface area contributed by atoms with Crippen LogP contribution in [0.3, 0.4) is 0 Å². The molecule has 8 heteroatoms. The zero-order valence-electron chi connectivity index (χ0n) is 17.6. The molecule has 0 saturated carbocycles. The van der Waals surface area contributed by atoms with Gasteiger partial charge in [0.25, 0.3) is 11.8 Å². The molecule has 0 aliphatic heterocycles. The van der Waals surface area contributed by atoms with Crippen molar-refractivity contribution in [3.05, 3.63) is 70.6 Å². The number of aromatic nitrogens is 2. The van der Waals surface area contributed by atoms with Gasteiger partial charge in [-0.05, 0) is 63.3 Å². The number of nitrogens with one attached hydrogen (secondary N) is 1. The second-order valence-corrected chi connectivity index (χ2v) is 8.72. The summed E-state index contributed by atoms with van der Waals surface area (Å²) in [6.45, 7) is 7.83. The SMILES string of the molecule is Cc1ccc([C@@H](C(=O)NC(C)(C)C)N(CCc2ccccc2)C(=O)c2csnn2)o1. The molecular formula is C22H26N4O3S. The van der Waals surface area contributed by atoms with Gasteiger partial charge in [-0.2, -0.15) is 0 Å². The van der Waals surface area contributed by atoms with Gasteiger partial charge in [0.15, 0.2) is 11.7 Å². The van der Waals surface area contributed by atoms with Gasteiger partial charge in [-0.25, -0.2) is 0 Å². The number of benzene rings is 1. The standard InChI is InChI=1S/C22H26N4O3S/c1-15-10-11-18(29-15)19(20(27)23-22(2,3)4)26(21(28)17-14-30-25-24-17)13-12-16-8-6-5-7-9-16/h5-11,14,19H,12-13H2,1-4H3,(H,23,27)/t19-/m0/s1. The van der Waals surface area contributed by atoms with Gasteiger partial charge in [0.2, 0.25) is 0 Å². The molecule has 1 atom stereocenters. The summed E-state index contributed by atoms with van der Waals surface area (Å²) in [6.07, 6.45) is 0.586. The Morgan fingerprint density at radius 1 is 1.17 bits per heavy atom. The molecule has 158 valence electrons. The van der Waals surface area contributed by atoms with Crippen LogP contribution < -0.4 is 5.32 Å². The van der Waals surface area contributed by atoms with E-state index in [1.165, 1.54) is 4.90 Å². The van der Waals surface area contributed by atoms with Crippen LogP contribution in [-0.4, -0.2) is 38.4 Å². The molecule has 2 heterocycles. The highest BCUT2D eigenvalue weighted by Crippen LogP contribution is 2.26. The third-order valence-electron chi connectivity index (χ3n) is 4.41. The first-order valence-electron chi connectivity index (χ1n) is 9.75. The number of carbonyl (C=O) groups is 2. The summed E-state index contributed by atoms with van der Waals surface area (Å²) >= 11 is 1.10. The summed E-state index contributed by atoms with van der Waals surface area (Å²) in [4.78, 5) is 28.1. The molecule has 2 aromatic heterocycles. The minimum Gasteiger partial charge on any atom is -0.464 e. The Balaban J connectivity index is 1.98. The van der Waals surface area contributed by atoms with Crippen LogP contribution in [-0.2, 0) is 11.2 Å². The minimum atomic E-state index is -0.921. The van der Waals surface area contributed by atoms with E-state index in [4.69, 9.17) is 4.42 Å². The molecule has 7 nitrogen and oxygen atoms in total.